The van der Waals surface area contributed by atoms with Gasteiger partial charge in [0, 0.05) is 29.9 Å². The SMILES string of the molecule is C=C1Nc2cc(CO)cnc2N2CCSC[C@@H]12. The van der Waals surface area contributed by atoms with Crippen LogP contribution in [0.1, 0.15) is 5.56 Å². The van der Waals surface area contributed by atoms with Crippen molar-refractivity contribution in [3.05, 3.63) is 30.1 Å². The topological polar surface area (TPSA) is 48.4 Å². The number of rotatable bonds is 1. The van der Waals surface area contributed by atoms with Gasteiger partial charge in [-0.2, -0.15) is 11.8 Å². The van der Waals surface area contributed by atoms with E-state index < -0.39 is 0 Å². The van der Waals surface area contributed by atoms with Gasteiger partial charge in [0.25, 0.3) is 0 Å². The third kappa shape index (κ3) is 1.79. The van der Waals surface area contributed by atoms with E-state index in [1.165, 1.54) is 0 Å². The molecule has 1 aromatic heterocycles. The maximum atomic E-state index is 9.13. The largest absolute Gasteiger partial charge is 0.392 e. The number of hydrogen-bond acceptors (Lipinski definition) is 5. The minimum absolute atomic E-state index is 0.0215. The predicted octanol–water partition coefficient (Wildman–Crippen LogP) is 1.43. The number of aromatic nitrogens is 1. The molecule has 90 valence electrons. The maximum absolute atomic E-state index is 9.13. The Bertz CT molecular complexity index is 463. The molecule has 3 heterocycles. The molecule has 5 heteroatoms. The van der Waals surface area contributed by atoms with E-state index in [4.69, 9.17) is 5.11 Å². The average molecular weight is 249 g/mol. The number of thioether (sulfide) groups is 1. The lowest BCUT2D eigenvalue weighted by molar-refractivity contribution is 0.281. The number of aliphatic hydroxyl groups is 1. The van der Waals surface area contributed by atoms with Crippen LogP contribution in [-0.2, 0) is 6.61 Å². The Morgan fingerprint density at radius 1 is 1.65 bits per heavy atom. The number of pyridine rings is 1. The van der Waals surface area contributed by atoms with Crippen molar-refractivity contribution < 1.29 is 5.11 Å². The van der Waals surface area contributed by atoms with E-state index in [0.29, 0.717) is 6.04 Å². The average Bonchev–Trinajstić information content (AvgIpc) is 2.38. The molecule has 2 N–H and O–H groups in total. The minimum Gasteiger partial charge on any atom is -0.392 e. The molecule has 1 fully saturated rings. The molecule has 1 atom stereocenters. The highest BCUT2D eigenvalue weighted by Gasteiger charge is 2.32. The summed E-state index contributed by atoms with van der Waals surface area (Å²) >= 11 is 1.96. The van der Waals surface area contributed by atoms with Gasteiger partial charge in [-0.3, -0.25) is 0 Å². The summed E-state index contributed by atoms with van der Waals surface area (Å²) in [7, 11) is 0. The molecular formula is C12H15N3OS. The summed E-state index contributed by atoms with van der Waals surface area (Å²) in [6.45, 7) is 5.13. The predicted molar refractivity (Wildman–Crippen MR) is 71.4 cm³/mol. The Morgan fingerprint density at radius 3 is 3.35 bits per heavy atom. The zero-order valence-electron chi connectivity index (χ0n) is 9.52. The van der Waals surface area contributed by atoms with Crippen molar-refractivity contribution in [1.82, 2.24) is 4.98 Å². The van der Waals surface area contributed by atoms with Gasteiger partial charge >= 0.3 is 0 Å². The van der Waals surface area contributed by atoms with Gasteiger partial charge in [0.15, 0.2) is 5.82 Å². The quantitative estimate of drug-likeness (QED) is 0.788. The fourth-order valence-corrected chi connectivity index (χ4v) is 3.41. The zero-order chi connectivity index (χ0) is 11.8. The van der Waals surface area contributed by atoms with E-state index >= 15 is 0 Å². The Morgan fingerprint density at radius 2 is 2.53 bits per heavy atom. The third-order valence-corrected chi connectivity index (χ3v) is 4.23. The van der Waals surface area contributed by atoms with Crippen LogP contribution in [-0.4, -0.2) is 34.2 Å². The van der Waals surface area contributed by atoms with Crippen LogP contribution in [0.3, 0.4) is 0 Å². The molecule has 0 bridgehead atoms. The molecule has 0 aromatic carbocycles. The first-order valence-electron chi connectivity index (χ1n) is 5.69. The van der Waals surface area contributed by atoms with Gasteiger partial charge in [-0.25, -0.2) is 4.98 Å². The summed E-state index contributed by atoms with van der Waals surface area (Å²) in [5.74, 6) is 3.18. The lowest BCUT2D eigenvalue weighted by Crippen LogP contribution is -2.48. The Hall–Kier alpha value is -1.20. The fraction of sp³-hybridized carbons (Fsp3) is 0.417. The number of fused-ring (bicyclic) bond motifs is 3. The second kappa shape index (κ2) is 4.23. The Kier molecular flexibility index (Phi) is 2.72. The van der Waals surface area contributed by atoms with Crippen LogP contribution in [0.2, 0.25) is 0 Å². The van der Waals surface area contributed by atoms with Crippen LogP contribution in [0.5, 0.6) is 0 Å². The molecule has 0 unspecified atom stereocenters. The number of aliphatic hydroxyl groups excluding tert-OH is 1. The van der Waals surface area contributed by atoms with Crippen molar-refractivity contribution in [3.8, 4) is 0 Å². The summed E-state index contributed by atoms with van der Waals surface area (Å²) in [5.41, 5.74) is 2.82. The molecular weight excluding hydrogens is 234 g/mol. The standard InChI is InChI=1S/C12H15N3OS/c1-8-11-7-17-3-2-15(11)12-10(14-8)4-9(6-16)5-13-12/h4-5,11,14,16H,1-3,6-7H2/t11-/m0/s1. The van der Waals surface area contributed by atoms with E-state index in [2.05, 4.69) is 21.8 Å². The van der Waals surface area contributed by atoms with E-state index in [9.17, 15) is 0 Å². The van der Waals surface area contributed by atoms with Crippen LogP contribution >= 0.6 is 11.8 Å². The van der Waals surface area contributed by atoms with E-state index in [0.717, 1.165) is 40.8 Å². The van der Waals surface area contributed by atoms with Gasteiger partial charge in [-0.05, 0) is 11.6 Å². The molecule has 17 heavy (non-hydrogen) atoms. The van der Waals surface area contributed by atoms with Crippen molar-refractivity contribution >= 4 is 23.3 Å². The summed E-state index contributed by atoms with van der Waals surface area (Å²) in [4.78, 5) is 6.77. The molecule has 1 aromatic rings. The molecule has 0 spiro atoms. The van der Waals surface area contributed by atoms with Gasteiger partial charge in [0.05, 0.1) is 18.3 Å². The third-order valence-electron chi connectivity index (χ3n) is 3.20. The molecule has 0 amide bonds. The molecule has 3 rings (SSSR count). The van der Waals surface area contributed by atoms with E-state index in [1.54, 1.807) is 6.20 Å². The molecule has 0 aliphatic carbocycles. The summed E-state index contributed by atoms with van der Waals surface area (Å²) in [6.07, 6.45) is 1.74. The van der Waals surface area contributed by atoms with Crippen molar-refractivity contribution in [3.63, 3.8) is 0 Å². The normalized spacial score (nSPS) is 22.8. The lowest BCUT2D eigenvalue weighted by Gasteiger charge is -2.42. The van der Waals surface area contributed by atoms with Gasteiger partial charge < -0.3 is 15.3 Å². The van der Waals surface area contributed by atoms with Gasteiger partial charge in [0.2, 0.25) is 0 Å². The Labute approximate surface area is 105 Å². The van der Waals surface area contributed by atoms with Crippen molar-refractivity contribution in [2.45, 2.75) is 12.6 Å². The first kappa shape index (κ1) is 10.9. The van der Waals surface area contributed by atoms with Crippen LogP contribution in [0.25, 0.3) is 0 Å². The molecule has 0 radical (unpaired) electrons. The number of nitrogens with one attached hydrogen (secondary N) is 1. The first-order valence-corrected chi connectivity index (χ1v) is 6.85. The van der Waals surface area contributed by atoms with Gasteiger partial charge in [-0.1, -0.05) is 6.58 Å². The van der Waals surface area contributed by atoms with Crippen LogP contribution in [0.15, 0.2) is 24.5 Å². The van der Waals surface area contributed by atoms with Crippen molar-refractivity contribution in [2.75, 3.05) is 28.3 Å². The molecule has 4 nitrogen and oxygen atoms in total. The summed E-state index contributed by atoms with van der Waals surface area (Å²) in [6, 6.07) is 2.29. The maximum Gasteiger partial charge on any atom is 0.152 e. The number of hydrogen-bond donors (Lipinski definition) is 2. The van der Waals surface area contributed by atoms with E-state index in [-0.39, 0.29) is 6.61 Å². The fourth-order valence-electron chi connectivity index (χ4n) is 2.31. The smallest absolute Gasteiger partial charge is 0.152 e. The second-order valence-electron chi connectivity index (χ2n) is 4.31. The first-order chi connectivity index (χ1) is 8.29. The van der Waals surface area contributed by atoms with Crippen LogP contribution in [0.4, 0.5) is 11.5 Å². The van der Waals surface area contributed by atoms with E-state index in [1.807, 2.05) is 17.8 Å². The lowest BCUT2D eigenvalue weighted by atomic mass is 10.1. The number of anilines is 2. The molecule has 2 aliphatic rings. The van der Waals surface area contributed by atoms with Gasteiger partial charge in [-0.15, -0.1) is 0 Å². The highest BCUT2D eigenvalue weighted by molar-refractivity contribution is 7.99. The minimum atomic E-state index is 0.0215. The van der Waals surface area contributed by atoms with Crippen molar-refractivity contribution in [2.24, 2.45) is 0 Å². The molecule has 0 saturated carbocycles. The Balaban J connectivity index is 2.02. The summed E-state index contributed by atoms with van der Waals surface area (Å²) in [5, 5.41) is 12.4. The van der Waals surface area contributed by atoms with Crippen LogP contribution in [0, 0.1) is 0 Å². The monoisotopic (exact) mass is 249 g/mol. The number of nitrogens with zero attached hydrogens (tertiary/aromatic N) is 2. The van der Waals surface area contributed by atoms with Gasteiger partial charge in [0.1, 0.15) is 0 Å². The molecule has 1 saturated heterocycles. The van der Waals surface area contributed by atoms with Crippen LogP contribution < -0.4 is 10.2 Å². The zero-order valence-corrected chi connectivity index (χ0v) is 10.3. The molecule has 2 aliphatic heterocycles. The van der Waals surface area contributed by atoms with Crippen molar-refractivity contribution in [1.29, 1.82) is 0 Å². The second-order valence-corrected chi connectivity index (χ2v) is 5.46. The highest BCUT2D eigenvalue weighted by atomic mass is 32.2. The highest BCUT2D eigenvalue weighted by Crippen LogP contribution is 2.36. The summed E-state index contributed by atoms with van der Waals surface area (Å²) < 4.78 is 0.